The molecular formula is C21H30F3N3O. The van der Waals surface area contributed by atoms with Gasteiger partial charge in [0.25, 0.3) is 0 Å². The van der Waals surface area contributed by atoms with Gasteiger partial charge in [-0.1, -0.05) is 25.1 Å². The van der Waals surface area contributed by atoms with Crippen LogP contribution in [0.3, 0.4) is 0 Å². The highest BCUT2D eigenvalue weighted by atomic mass is 19.4. The molecule has 0 N–H and O–H groups in total. The molecule has 4 nitrogen and oxygen atoms in total. The number of likely N-dealkylation sites (N-methyl/N-ethyl adjacent to an activating group) is 1. The standard InChI is InChI=1S/C21H30F3N3O/c1-16(14-17-4-3-5-18(15-17)21(22,23)24)20(28)27-8-6-19(7-9-27)26-12-10-25(2)11-13-26/h3-5,15-16,19H,6-14H2,1-2H3/t16-/m1/s1. The van der Waals surface area contributed by atoms with E-state index < -0.39 is 11.7 Å². The molecule has 7 heteroatoms. The zero-order chi connectivity index (χ0) is 20.3. The number of amides is 1. The molecule has 2 saturated heterocycles. The molecule has 2 fully saturated rings. The van der Waals surface area contributed by atoms with Gasteiger partial charge < -0.3 is 9.80 Å². The molecule has 1 atom stereocenters. The quantitative estimate of drug-likeness (QED) is 0.781. The second-order valence-electron chi connectivity index (χ2n) is 8.20. The minimum Gasteiger partial charge on any atom is -0.342 e. The lowest BCUT2D eigenvalue weighted by Crippen LogP contribution is -2.53. The maximum absolute atomic E-state index is 12.9. The van der Waals surface area contributed by atoms with Crippen LogP contribution in [0.1, 0.15) is 30.9 Å². The maximum Gasteiger partial charge on any atom is 0.416 e. The number of alkyl halides is 3. The minimum atomic E-state index is -4.35. The van der Waals surface area contributed by atoms with Crippen LogP contribution in [0.15, 0.2) is 24.3 Å². The molecule has 156 valence electrons. The van der Waals surface area contributed by atoms with Gasteiger partial charge in [0.05, 0.1) is 5.56 Å². The van der Waals surface area contributed by atoms with Gasteiger partial charge in [0.15, 0.2) is 0 Å². The number of carbonyl (C=O) groups is 1. The summed E-state index contributed by atoms with van der Waals surface area (Å²) in [5, 5.41) is 0. The molecule has 0 aliphatic carbocycles. The van der Waals surface area contributed by atoms with Gasteiger partial charge in [0, 0.05) is 51.2 Å². The molecule has 1 aromatic rings. The highest BCUT2D eigenvalue weighted by Crippen LogP contribution is 2.30. The predicted octanol–water partition coefficient (Wildman–Crippen LogP) is 3.12. The molecule has 3 rings (SSSR count). The number of likely N-dealkylation sites (tertiary alicyclic amines) is 1. The number of carbonyl (C=O) groups excluding carboxylic acids is 1. The molecule has 0 spiro atoms. The maximum atomic E-state index is 12.9. The van der Waals surface area contributed by atoms with Gasteiger partial charge in [-0.15, -0.1) is 0 Å². The zero-order valence-corrected chi connectivity index (χ0v) is 16.7. The van der Waals surface area contributed by atoms with Crippen molar-refractivity contribution >= 4 is 5.91 Å². The fourth-order valence-corrected chi connectivity index (χ4v) is 4.27. The van der Waals surface area contributed by atoms with Crippen LogP contribution in [-0.2, 0) is 17.4 Å². The van der Waals surface area contributed by atoms with Crippen molar-refractivity contribution in [1.29, 1.82) is 0 Å². The highest BCUT2D eigenvalue weighted by Gasteiger charge is 2.32. The van der Waals surface area contributed by atoms with Crippen LogP contribution in [0.5, 0.6) is 0 Å². The Hall–Kier alpha value is -1.60. The average Bonchev–Trinajstić information content (AvgIpc) is 2.68. The summed E-state index contributed by atoms with van der Waals surface area (Å²) in [6.07, 6.45) is -2.06. The summed E-state index contributed by atoms with van der Waals surface area (Å²) >= 11 is 0. The van der Waals surface area contributed by atoms with Crippen molar-refractivity contribution in [2.45, 2.75) is 38.4 Å². The van der Waals surface area contributed by atoms with Crippen molar-refractivity contribution in [2.75, 3.05) is 46.3 Å². The van der Waals surface area contributed by atoms with Gasteiger partial charge in [-0.05, 0) is 37.9 Å². The van der Waals surface area contributed by atoms with Crippen molar-refractivity contribution in [2.24, 2.45) is 5.92 Å². The van der Waals surface area contributed by atoms with Crippen LogP contribution in [0.4, 0.5) is 13.2 Å². The molecule has 0 saturated carbocycles. The Labute approximate surface area is 165 Å². The smallest absolute Gasteiger partial charge is 0.342 e. The Bertz CT molecular complexity index is 663. The van der Waals surface area contributed by atoms with E-state index in [9.17, 15) is 18.0 Å². The lowest BCUT2D eigenvalue weighted by molar-refractivity contribution is -0.137. The van der Waals surface area contributed by atoms with Crippen LogP contribution in [0.25, 0.3) is 0 Å². The first-order valence-electron chi connectivity index (χ1n) is 10.1. The molecule has 0 unspecified atom stereocenters. The van der Waals surface area contributed by atoms with E-state index in [0.29, 0.717) is 18.0 Å². The molecule has 0 aromatic heterocycles. The molecule has 2 aliphatic rings. The van der Waals surface area contributed by atoms with E-state index in [1.165, 1.54) is 6.07 Å². The summed E-state index contributed by atoms with van der Waals surface area (Å²) in [4.78, 5) is 19.6. The fraction of sp³-hybridized carbons (Fsp3) is 0.667. The third-order valence-electron chi connectivity index (χ3n) is 6.05. The Morgan fingerprint density at radius 3 is 2.36 bits per heavy atom. The predicted molar refractivity (Wildman–Crippen MR) is 103 cm³/mol. The number of nitrogens with zero attached hydrogens (tertiary/aromatic N) is 3. The lowest BCUT2D eigenvalue weighted by Gasteiger charge is -2.42. The van der Waals surface area contributed by atoms with Gasteiger partial charge >= 0.3 is 6.18 Å². The number of benzene rings is 1. The minimum absolute atomic E-state index is 0.0502. The van der Waals surface area contributed by atoms with E-state index >= 15 is 0 Å². The van der Waals surface area contributed by atoms with Crippen molar-refractivity contribution in [3.05, 3.63) is 35.4 Å². The third-order valence-corrected chi connectivity index (χ3v) is 6.05. The Balaban J connectivity index is 1.51. The summed E-state index contributed by atoms with van der Waals surface area (Å²) in [7, 11) is 2.14. The van der Waals surface area contributed by atoms with E-state index in [1.807, 2.05) is 11.8 Å². The fourth-order valence-electron chi connectivity index (χ4n) is 4.27. The summed E-state index contributed by atoms with van der Waals surface area (Å²) in [5.74, 6) is -0.266. The molecule has 2 aliphatic heterocycles. The number of hydrogen-bond donors (Lipinski definition) is 0. The first-order chi connectivity index (χ1) is 13.2. The number of rotatable bonds is 4. The van der Waals surface area contributed by atoms with Crippen LogP contribution >= 0.6 is 0 Å². The first-order valence-corrected chi connectivity index (χ1v) is 10.1. The second-order valence-corrected chi connectivity index (χ2v) is 8.20. The topological polar surface area (TPSA) is 26.8 Å². The molecule has 2 heterocycles. The van der Waals surface area contributed by atoms with Crippen molar-refractivity contribution < 1.29 is 18.0 Å². The average molecular weight is 397 g/mol. The van der Waals surface area contributed by atoms with Crippen LogP contribution in [0, 0.1) is 5.92 Å². The van der Waals surface area contributed by atoms with E-state index in [4.69, 9.17) is 0 Å². The van der Waals surface area contributed by atoms with Crippen LogP contribution < -0.4 is 0 Å². The van der Waals surface area contributed by atoms with E-state index in [1.54, 1.807) is 6.07 Å². The summed E-state index contributed by atoms with van der Waals surface area (Å²) in [5.41, 5.74) is -0.0966. The van der Waals surface area contributed by atoms with Crippen molar-refractivity contribution in [3.63, 3.8) is 0 Å². The normalized spacial score (nSPS) is 21.7. The molecule has 0 bridgehead atoms. The highest BCUT2D eigenvalue weighted by molar-refractivity contribution is 5.79. The summed E-state index contributed by atoms with van der Waals surface area (Å²) in [6, 6.07) is 5.84. The lowest BCUT2D eigenvalue weighted by atomic mass is 9.96. The van der Waals surface area contributed by atoms with Crippen molar-refractivity contribution in [3.8, 4) is 0 Å². The van der Waals surface area contributed by atoms with Crippen LogP contribution in [0.2, 0.25) is 0 Å². The molecule has 28 heavy (non-hydrogen) atoms. The van der Waals surface area contributed by atoms with Crippen molar-refractivity contribution in [1.82, 2.24) is 14.7 Å². The first kappa shape index (κ1) is 21.1. The number of halogens is 3. The number of hydrogen-bond acceptors (Lipinski definition) is 3. The Kier molecular flexibility index (Phi) is 6.65. The van der Waals surface area contributed by atoms with Gasteiger partial charge in [0.2, 0.25) is 5.91 Å². The molecule has 1 amide bonds. The number of piperazine rings is 1. The Morgan fingerprint density at radius 2 is 1.75 bits per heavy atom. The largest absolute Gasteiger partial charge is 0.416 e. The molecule has 0 radical (unpaired) electrons. The van der Waals surface area contributed by atoms with Gasteiger partial charge in [-0.25, -0.2) is 0 Å². The monoisotopic (exact) mass is 397 g/mol. The second kappa shape index (κ2) is 8.82. The van der Waals surface area contributed by atoms with Crippen LogP contribution in [-0.4, -0.2) is 73.0 Å². The SMILES string of the molecule is C[C@H](Cc1cccc(C(F)(F)F)c1)C(=O)N1CCC(N2CCN(C)CC2)CC1. The van der Waals surface area contributed by atoms with E-state index in [0.717, 1.165) is 64.2 Å². The molecular weight excluding hydrogens is 367 g/mol. The number of piperidine rings is 1. The van der Waals surface area contributed by atoms with E-state index in [-0.39, 0.29) is 11.8 Å². The summed E-state index contributed by atoms with van der Waals surface area (Å²) in [6.45, 7) is 7.64. The van der Waals surface area contributed by atoms with E-state index in [2.05, 4.69) is 16.8 Å². The Morgan fingerprint density at radius 1 is 1.11 bits per heavy atom. The zero-order valence-electron chi connectivity index (χ0n) is 16.7. The van der Waals surface area contributed by atoms with Gasteiger partial charge in [-0.3, -0.25) is 9.69 Å². The van der Waals surface area contributed by atoms with Gasteiger partial charge in [-0.2, -0.15) is 13.2 Å². The third kappa shape index (κ3) is 5.26. The molecule has 1 aromatic carbocycles. The summed E-state index contributed by atoms with van der Waals surface area (Å²) < 4.78 is 38.7. The van der Waals surface area contributed by atoms with Gasteiger partial charge in [0.1, 0.15) is 0 Å².